The van der Waals surface area contributed by atoms with Crippen molar-refractivity contribution in [1.82, 2.24) is 9.62 Å². The molecule has 0 atom stereocenters. The molecule has 2 aromatic rings. The SMILES string of the molecule is CC(C)N(C)S(=O)(=O)c1ccc(C(=O)Nc2cccc3c2C(=O)NC3=O)cc1. The van der Waals surface area contributed by atoms with E-state index in [-0.39, 0.29) is 33.3 Å². The van der Waals surface area contributed by atoms with Crippen LogP contribution < -0.4 is 10.6 Å². The van der Waals surface area contributed by atoms with Crippen molar-refractivity contribution in [1.29, 1.82) is 0 Å². The van der Waals surface area contributed by atoms with Crippen molar-refractivity contribution in [2.24, 2.45) is 0 Å². The lowest BCUT2D eigenvalue weighted by atomic mass is 10.1. The lowest BCUT2D eigenvalue weighted by Gasteiger charge is -2.21. The first-order valence-electron chi connectivity index (χ1n) is 8.51. The molecule has 8 nitrogen and oxygen atoms in total. The molecular formula is C19H19N3O5S. The van der Waals surface area contributed by atoms with Crippen LogP contribution in [0.2, 0.25) is 0 Å². The second-order valence-corrected chi connectivity index (χ2v) is 8.60. The molecule has 0 unspecified atom stereocenters. The van der Waals surface area contributed by atoms with Crippen LogP contribution in [0, 0.1) is 0 Å². The number of rotatable bonds is 5. The molecule has 9 heteroatoms. The summed E-state index contributed by atoms with van der Waals surface area (Å²) in [6.45, 7) is 3.52. The zero-order valence-electron chi connectivity index (χ0n) is 15.5. The molecule has 0 saturated carbocycles. The third-order valence-electron chi connectivity index (χ3n) is 4.53. The Labute approximate surface area is 162 Å². The predicted octanol–water partition coefficient (Wildman–Crippen LogP) is 1.85. The number of hydrogen-bond donors (Lipinski definition) is 2. The van der Waals surface area contributed by atoms with Gasteiger partial charge in [-0.15, -0.1) is 0 Å². The molecule has 1 aliphatic rings. The number of anilines is 1. The van der Waals surface area contributed by atoms with E-state index in [4.69, 9.17) is 0 Å². The fraction of sp³-hybridized carbons (Fsp3) is 0.211. The number of nitrogens with zero attached hydrogens (tertiary/aromatic N) is 1. The summed E-state index contributed by atoms with van der Waals surface area (Å²) in [4.78, 5) is 36.2. The molecule has 1 aliphatic heterocycles. The summed E-state index contributed by atoms with van der Waals surface area (Å²) in [5, 5.41) is 4.78. The molecule has 0 saturated heterocycles. The van der Waals surface area contributed by atoms with Gasteiger partial charge in [0.1, 0.15) is 0 Å². The first-order chi connectivity index (χ1) is 13.1. The maximum Gasteiger partial charge on any atom is 0.261 e. The van der Waals surface area contributed by atoms with E-state index in [0.29, 0.717) is 0 Å². The number of amides is 3. The molecule has 1 heterocycles. The zero-order chi connectivity index (χ0) is 20.6. The Morgan fingerprint density at radius 2 is 1.68 bits per heavy atom. The van der Waals surface area contributed by atoms with E-state index in [1.807, 2.05) is 0 Å². The Morgan fingerprint density at radius 3 is 2.29 bits per heavy atom. The molecule has 0 radical (unpaired) electrons. The average Bonchev–Trinajstić information content (AvgIpc) is 2.96. The number of nitrogens with one attached hydrogen (secondary N) is 2. The molecule has 146 valence electrons. The van der Waals surface area contributed by atoms with Gasteiger partial charge in [0.15, 0.2) is 0 Å². The lowest BCUT2D eigenvalue weighted by Crippen LogP contribution is -2.33. The van der Waals surface area contributed by atoms with Gasteiger partial charge in [-0.1, -0.05) is 6.07 Å². The van der Waals surface area contributed by atoms with Gasteiger partial charge in [0.2, 0.25) is 10.0 Å². The van der Waals surface area contributed by atoms with Crippen molar-refractivity contribution in [3.8, 4) is 0 Å². The lowest BCUT2D eigenvalue weighted by molar-refractivity contribution is 0.0879. The van der Waals surface area contributed by atoms with Crippen LogP contribution in [0.25, 0.3) is 0 Å². The minimum Gasteiger partial charge on any atom is -0.321 e. The molecule has 28 heavy (non-hydrogen) atoms. The number of carbonyl (C=O) groups excluding carboxylic acids is 3. The summed E-state index contributed by atoms with van der Waals surface area (Å²) < 4.78 is 26.2. The molecule has 2 N–H and O–H groups in total. The van der Waals surface area contributed by atoms with E-state index >= 15 is 0 Å². The van der Waals surface area contributed by atoms with Gasteiger partial charge in [-0.3, -0.25) is 19.7 Å². The molecule has 3 rings (SSSR count). The van der Waals surface area contributed by atoms with Gasteiger partial charge in [0.05, 0.1) is 21.7 Å². The minimum atomic E-state index is -3.65. The van der Waals surface area contributed by atoms with E-state index in [0.717, 1.165) is 0 Å². The number of hydrogen-bond acceptors (Lipinski definition) is 5. The molecule has 3 amide bonds. The fourth-order valence-electron chi connectivity index (χ4n) is 2.74. The van der Waals surface area contributed by atoms with E-state index in [1.165, 1.54) is 47.8 Å². The van der Waals surface area contributed by atoms with E-state index in [1.54, 1.807) is 19.9 Å². The number of benzene rings is 2. The van der Waals surface area contributed by atoms with Crippen LogP contribution in [0.4, 0.5) is 5.69 Å². The largest absolute Gasteiger partial charge is 0.321 e. The third kappa shape index (κ3) is 3.41. The first kappa shape index (κ1) is 19.7. The number of carbonyl (C=O) groups is 3. The summed E-state index contributed by atoms with van der Waals surface area (Å²) in [5.74, 6) is -1.62. The summed E-state index contributed by atoms with van der Waals surface area (Å²) in [5.41, 5.74) is 0.732. The second-order valence-electron chi connectivity index (χ2n) is 6.60. The highest BCUT2D eigenvalue weighted by atomic mass is 32.2. The van der Waals surface area contributed by atoms with Crippen LogP contribution in [0.15, 0.2) is 47.4 Å². The second kappa shape index (κ2) is 7.17. The van der Waals surface area contributed by atoms with Crippen molar-refractivity contribution >= 4 is 33.4 Å². The van der Waals surface area contributed by atoms with Crippen molar-refractivity contribution in [2.75, 3.05) is 12.4 Å². The molecule has 2 aromatic carbocycles. The van der Waals surface area contributed by atoms with Crippen LogP contribution in [-0.2, 0) is 10.0 Å². The normalized spacial score (nSPS) is 13.6. The first-order valence-corrected chi connectivity index (χ1v) is 9.95. The van der Waals surface area contributed by atoms with Crippen molar-refractivity contribution in [2.45, 2.75) is 24.8 Å². The smallest absolute Gasteiger partial charge is 0.261 e. The fourth-order valence-corrected chi connectivity index (χ4v) is 4.11. The molecule has 0 aliphatic carbocycles. The molecule has 0 aromatic heterocycles. The molecule has 0 spiro atoms. The van der Waals surface area contributed by atoms with Crippen molar-refractivity contribution < 1.29 is 22.8 Å². The Balaban J connectivity index is 1.84. The monoisotopic (exact) mass is 401 g/mol. The molecular weight excluding hydrogens is 382 g/mol. The van der Waals surface area contributed by atoms with Gasteiger partial charge >= 0.3 is 0 Å². The predicted molar refractivity (Wildman–Crippen MR) is 103 cm³/mol. The maximum absolute atomic E-state index is 12.5. The van der Waals surface area contributed by atoms with Crippen LogP contribution in [0.1, 0.15) is 44.9 Å². The summed E-state index contributed by atoms with van der Waals surface area (Å²) in [6, 6.07) is 9.87. The Bertz CT molecular complexity index is 1080. The van der Waals surface area contributed by atoms with Crippen molar-refractivity contribution in [3.05, 3.63) is 59.2 Å². The number of sulfonamides is 1. The van der Waals surface area contributed by atoms with Gasteiger partial charge < -0.3 is 5.32 Å². The van der Waals surface area contributed by atoms with Gasteiger partial charge in [0.25, 0.3) is 17.7 Å². The Hall–Kier alpha value is -3.04. The molecule has 0 bridgehead atoms. The summed E-state index contributed by atoms with van der Waals surface area (Å²) in [7, 11) is -2.16. The molecule has 0 fully saturated rings. The minimum absolute atomic E-state index is 0.0748. The Kier molecular flexibility index (Phi) is 5.05. The average molecular weight is 401 g/mol. The van der Waals surface area contributed by atoms with E-state index in [9.17, 15) is 22.8 Å². The van der Waals surface area contributed by atoms with Crippen LogP contribution in [0.3, 0.4) is 0 Å². The van der Waals surface area contributed by atoms with Crippen LogP contribution in [0.5, 0.6) is 0 Å². The zero-order valence-corrected chi connectivity index (χ0v) is 16.3. The summed E-state index contributed by atoms with van der Waals surface area (Å²) >= 11 is 0. The quantitative estimate of drug-likeness (QED) is 0.743. The highest BCUT2D eigenvalue weighted by molar-refractivity contribution is 7.89. The van der Waals surface area contributed by atoms with E-state index in [2.05, 4.69) is 10.6 Å². The van der Waals surface area contributed by atoms with Crippen LogP contribution >= 0.6 is 0 Å². The van der Waals surface area contributed by atoms with E-state index < -0.39 is 27.7 Å². The van der Waals surface area contributed by atoms with Crippen molar-refractivity contribution in [3.63, 3.8) is 0 Å². The highest BCUT2D eigenvalue weighted by Gasteiger charge is 2.30. The number of fused-ring (bicyclic) bond motifs is 1. The van der Waals surface area contributed by atoms with Gasteiger partial charge in [-0.05, 0) is 50.2 Å². The van der Waals surface area contributed by atoms with Gasteiger partial charge in [-0.25, -0.2) is 8.42 Å². The third-order valence-corrected chi connectivity index (χ3v) is 6.58. The maximum atomic E-state index is 12.5. The topological polar surface area (TPSA) is 113 Å². The summed E-state index contributed by atoms with van der Waals surface area (Å²) in [6.07, 6.45) is 0. The standard InChI is InChI=1S/C19H19N3O5S/c1-11(2)22(3)28(26,27)13-9-7-12(8-10-13)17(23)20-15-6-4-5-14-16(15)19(25)21-18(14)24/h4-11H,1-3H3,(H,20,23)(H,21,24,25). The van der Waals surface area contributed by atoms with Crippen LogP contribution in [-0.4, -0.2) is 43.5 Å². The highest BCUT2D eigenvalue weighted by Crippen LogP contribution is 2.25. The number of imide groups is 1. The van der Waals surface area contributed by atoms with Gasteiger partial charge in [0, 0.05) is 18.7 Å². The Morgan fingerprint density at radius 1 is 1.04 bits per heavy atom. The van der Waals surface area contributed by atoms with Gasteiger partial charge in [-0.2, -0.15) is 4.31 Å².